The molecule has 0 spiro atoms. The number of carbonyl (C=O) groups is 1. The topological polar surface area (TPSA) is 49.6 Å². The van der Waals surface area contributed by atoms with Gasteiger partial charge in [-0.15, -0.1) is 0 Å². The van der Waals surface area contributed by atoms with Crippen LogP contribution in [0.3, 0.4) is 0 Å². The number of pyridine rings is 1. The predicted molar refractivity (Wildman–Crippen MR) is 124 cm³/mol. The van der Waals surface area contributed by atoms with Crippen LogP contribution in [0, 0.1) is 5.92 Å². The summed E-state index contributed by atoms with van der Waals surface area (Å²) in [5.74, 6) is 1.63. The third-order valence-electron chi connectivity index (χ3n) is 5.43. The Morgan fingerprint density at radius 3 is 2.63 bits per heavy atom. The molecule has 0 aliphatic heterocycles. The van der Waals surface area contributed by atoms with Crippen molar-refractivity contribution < 1.29 is 4.79 Å². The van der Waals surface area contributed by atoms with E-state index in [4.69, 9.17) is 4.98 Å². The largest absolute Gasteiger partial charge is 0.359 e. The molecule has 0 atom stereocenters. The minimum Gasteiger partial charge on any atom is -0.359 e. The van der Waals surface area contributed by atoms with Crippen molar-refractivity contribution in [3.05, 3.63) is 65.5 Å². The zero-order chi connectivity index (χ0) is 21.5. The minimum absolute atomic E-state index is 0.0259. The number of hydrogen-bond donors (Lipinski definition) is 1. The highest BCUT2D eigenvalue weighted by Gasteiger charge is 2.16. The van der Waals surface area contributed by atoms with Crippen LogP contribution in [0.5, 0.6) is 0 Å². The molecule has 0 unspecified atom stereocenters. The van der Waals surface area contributed by atoms with Crippen molar-refractivity contribution in [2.45, 2.75) is 46.5 Å². The molecule has 0 aliphatic carbocycles. The van der Waals surface area contributed by atoms with Crippen molar-refractivity contribution in [1.82, 2.24) is 14.7 Å². The molecule has 30 heavy (non-hydrogen) atoms. The zero-order valence-electron chi connectivity index (χ0n) is 18.7. The van der Waals surface area contributed by atoms with Gasteiger partial charge >= 0.3 is 0 Å². The molecule has 1 N–H and O–H groups in total. The maximum Gasteiger partial charge on any atom is 0.252 e. The Labute approximate surface area is 180 Å². The molecular weight excluding hydrogens is 372 g/mol. The summed E-state index contributed by atoms with van der Waals surface area (Å²) >= 11 is 0. The van der Waals surface area contributed by atoms with Crippen LogP contribution in [0.25, 0.3) is 5.65 Å². The SMILES string of the molecule is CCc1nc2ccc(C(=O)NCCC(C)C)cn2c1N(C)CCCc1ccccc1. The average molecular weight is 407 g/mol. The van der Waals surface area contributed by atoms with E-state index in [0.717, 1.165) is 49.4 Å². The highest BCUT2D eigenvalue weighted by Crippen LogP contribution is 2.23. The summed E-state index contributed by atoms with van der Waals surface area (Å²) < 4.78 is 2.07. The summed E-state index contributed by atoms with van der Waals surface area (Å²) in [6.45, 7) is 8.08. The Morgan fingerprint density at radius 1 is 1.17 bits per heavy atom. The van der Waals surface area contributed by atoms with Gasteiger partial charge in [0.2, 0.25) is 0 Å². The highest BCUT2D eigenvalue weighted by atomic mass is 16.1. The molecule has 5 nitrogen and oxygen atoms in total. The van der Waals surface area contributed by atoms with Crippen LogP contribution >= 0.6 is 0 Å². The molecule has 0 saturated carbocycles. The van der Waals surface area contributed by atoms with Crippen molar-refractivity contribution in [2.24, 2.45) is 5.92 Å². The molecule has 0 bridgehead atoms. The molecule has 3 rings (SSSR count). The van der Waals surface area contributed by atoms with Gasteiger partial charge in [0.25, 0.3) is 5.91 Å². The Balaban J connectivity index is 1.75. The average Bonchev–Trinajstić information content (AvgIpc) is 3.12. The number of aryl methyl sites for hydroxylation is 2. The number of nitrogens with one attached hydrogen (secondary N) is 1. The molecule has 0 fully saturated rings. The smallest absolute Gasteiger partial charge is 0.252 e. The number of benzene rings is 1. The van der Waals surface area contributed by atoms with Crippen LogP contribution in [0.1, 0.15) is 55.2 Å². The van der Waals surface area contributed by atoms with Gasteiger partial charge < -0.3 is 10.2 Å². The lowest BCUT2D eigenvalue weighted by Gasteiger charge is -2.20. The number of rotatable bonds is 10. The standard InChI is InChI=1S/C25H34N4O/c1-5-22-25(28(4)17-9-12-20-10-7-6-8-11-20)29-18-21(13-14-23(29)27-22)24(30)26-16-15-19(2)3/h6-8,10-11,13-14,18-19H,5,9,12,15-17H2,1-4H3,(H,26,30). The molecule has 0 saturated heterocycles. The van der Waals surface area contributed by atoms with Gasteiger partial charge in [-0.25, -0.2) is 4.98 Å². The van der Waals surface area contributed by atoms with Crippen molar-refractivity contribution in [3.8, 4) is 0 Å². The van der Waals surface area contributed by atoms with E-state index in [2.05, 4.69) is 72.8 Å². The van der Waals surface area contributed by atoms with Crippen LogP contribution in [-0.2, 0) is 12.8 Å². The lowest BCUT2D eigenvalue weighted by molar-refractivity contribution is 0.0951. The van der Waals surface area contributed by atoms with Gasteiger partial charge in [0, 0.05) is 26.3 Å². The van der Waals surface area contributed by atoms with Gasteiger partial charge in [-0.1, -0.05) is 51.1 Å². The van der Waals surface area contributed by atoms with Gasteiger partial charge in [-0.2, -0.15) is 0 Å². The van der Waals surface area contributed by atoms with Crippen LogP contribution in [0.15, 0.2) is 48.7 Å². The fourth-order valence-electron chi connectivity index (χ4n) is 3.70. The van der Waals surface area contributed by atoms with Gasteiger partial charge in [0.15, 0.2) is 0 Å². The zero-order valence-corrected chi connectivity index (χ0v) is 18.7. The van der Waals surface area contributed by atoms with E-state index >= 15 is 0 Å². The third-order valence-corrected chi connectivity index (χ3v) is 5.43. The minimum atomic E-state index is -0.0259. The Morgan fingerprint density at radius 2 is 1.93 bits per heavy atom. The molecule has 1 aromatic carbocycles. The van der Waals surface area contributed by atoms with E-state index in [1.807, 2.05) is 18.3 Å². The second-order valence-electron chi connectivity index (χ2n) is 8.33. The van der Waals surface area contributed by atoms with Crippen molar-refractivity contribution in [2.75, 3.05) is 25.0 Å². The van der Waals surface area contributed by atoms with Gasteiger partial charge in [0.1, 0.15) is 11.5 Å². The van der Waals surface area contributed by atoms with Gasteiger partial charge in [-0.3, -0.25) is 9.20 Å². The molecule has 0 radical (unpaired) electrons. The first-order valence-electron chi connectivity index (χ1n) is 11.0. The Kier molecular flexibility index (Phi) is 7.50. The molecular formula is C25H34N4O. The van der Waals surface area contributed by atoms with Crippen molar-refractivity contribution in [3.63, 3.8) is 0 Å². The lowest BCUT2D eigenvalue weighted by Crippen LogP contribution is -2.26. The number of anilines is 1. The monoisotopic (exact) mass is 406 g/mol. The molecule has 3 aromatic rings. The Hall–Kier alpha value is -2.82. The van der Waals surface area contributed by atoms with E-state index in [9.17, 15) is 4.79 Å². The number of carbonyl (C=O) groups excluding carboxylic acids is 1. The van der Waals surface area contributed by atoms with E-state index in [1.165, 1.54) is 5.56 Å². The van der Waals surface area contributed by atoms with Crippen molar-refractivity contribution in [1.29, 1.82) is 0 Å². The lowest BCUT2D eigenvalue weighted by atomic mass is 10.1. The van der Waals surface area contributed by atoms with E-state index in [0.29, 0.717) is 18.0 Å². The van der Waals surface area contributed by atoms with Crippen LogP contribution in [0.2, 0.25) is 0 Å². The number of aromatic nitrogens is 2. The number of fused-ring (bicyclic) bond motifs is 1. The fourth-order valence-corrected chi connectivity index (χ4v) is 3.70. The van der Waals surface area contributed by atoms with Gasteiger partial charge in [-0.05, 0) is 49.3 Å². The summed E-state index contributed by atoms with van der Waals surface area (Å²) in [6, 6.07) is 14.4. The van der Waals surface area contributed by atoms with E-state index in [1.54, 1.807) is 0 Å². The van der Waals surface area contributed by atoms with Crippen LogP contribution < -0.4 is 10.2 Å². The summed E-state index contributed by atoms with van der Waals surface area (Å²) in [6.07, 6.45) is 5.87. The van der Waals surface area contributed by atoms with E-state index in [-0.39, 0.29) is 5.91 Å². The first-order valence-corrected chi connectivity index (χ1v) is 11.0. The summed E-state index contributed by atoms with van der Waals surface area (Å²) in [5, 5.41) is 3.03. The fraction of sp³-hybridized carbons (Fsp3) is 0.440. The number of amides is 1. The van der Waals surface area contributed by atoms with E-state index < -0.39 is 0 Å². The highest BCUT2D eigenvalue weighted by molar-refractivity contribution is 5.94. The number of imidazole rings is 1. The molecule has 1 amide bonds. The first-order chi connectivity index (χ1) is 14.5. The summed E-state index contributed by atoms with van der Waals surface area (Å²) in [5.41, 5.74) is 3.98. The van der Waals surface area contributed by atoms with Gasteiger partial charge in [0.05, 0.1) is 11.3 Å². The predicted octanol–water partition coefficient (Wildman–Crippen LogP) is 4.74. The van der Waals surface area contributed by atoms with Crippen LogP contribution in [0.4, 0.5) is 5.82 Å². The number of nitrogens with zero attached hydrogens (tertiary/aromatic N) is 3. The van der Waals surface area contributed by atoms with Crippen LogP contribution in [-0.4, -0.2) is 35.4 Å². The second-order valence-corrected chi connectivity index (χ2v) is 8.33. The third kappa shape index (κ3) is 5.41. The summed E-state index contributed by atoms with van der Waals surface area (Å²) in [7, 11) is 2.11. The number of hydrogen-bond acceptors (Lipinski definition) is 3. The maximum absolute atomic E-state index is 12.6. The Bertz CT molecular complexity index is 962. The maximum atomic E-state index is 12.6. The first kappa shape index (κ1) is 21.9. The molecule has 160 valence electrons. The molecule has 2 aromatic heterocycles. The molecule has 5 heteroatoms. The molecule has 0 aliphatic rings. The second kappa shape index (κ2) is 10.3. The quantitative estimate of drug-likeness (QED) is 0.529. The normalized spacial score (nSPS) is 11.2. The molecule has 2 heterocycles. The van der Waals surface area contributed by atoms with Crippen molar-refractivity contribution >= 4 is 17.4 Å². The summed E-state index contributed by atoms with van der Waals surface area (Å²) in [4.78, 5) is 19.7.